The van der Waals surface area contributed by atoms with E-state index in [9.17, 15) is 0 Å². The molecule has 3 heteroatoms. The largest absolute Gasteiger partial charge is 0.345 e. The average molecular weight is 209 g/mol. The minimum absolute atomic E-state index is 0.739. The molecule has 1 heterocycles. The summed E-state index contributed by atoms with van der Waals surface area (Å²) in [5.41, 5.74) is 3.53. The van der Waals surface area contributed by atoms with Crippen molar-refractivity contribution in [3.63, 3.8) is 0 Å². The number of fused-ring (bicyclic) bond motifs is 1. The molecule has 0 saturated carbocycles. The van der Waals surface area contributed by atoms with Crippen molar-refractivity contribution in [3.05, 3.63) is 34.5 Å². The van der Waals surface area contributed by atoms with E-state index in [0.717, 1.165) is 22.8 Å². The van der Waals surface area contributed by atoms with Crippen LogP contribution in [-0.4, -0.2) is 12.0 Å². The van der Waals surface area contributed by atoms with E-state index in [-0.39, 0.29) is 0 Å². The maximum absolute atomic E-state index is 6.12. The lowest BCUT2D eigenvalue weighted by Crippen LogP contribution is -2.05. The molecule has 0 saturated heterocycles. The molecule has 2 aromatic rings. The van der Waals surface area contributed by atoms with Crippen LogP contribution in [0.25, 0.3) is 10.9 Å². The molecule has 0 fully saturated rings. The van der Waals surface area contributed by atoms with Crippen molar-refractivity contribution in [2.24, 2.45) is 0 Å². The molecule has 2 nitrogen and oxygen atoms in total. The number of aromatic amines is 1. The summed E-state index contributed by atoms with van der Waals surface area (Å²) < 4.78 is 0. The van der Waals surface area contributed by atoms with Crippen LogP contribution in [0.1, 0.15) is 11.1 Å². The Balaban J connectivity index is 2.73. The van der Waals surface area contributed by atoms with Gasteiger partial charge in [-0.2, -0.15) is 0 Å². The van der Waals surface area contributed by atoms with Crippen molar-refractivity contribution in [2.45, 2.75) is 13.5 Å². The van der Waals surface area contributed by atoms with E-state index >= 15 is 0 Å². The van der Waals surface area contributed by atoms with Crippen LogP contribution in [0.2, 0.25) is 5.15 Å². The fraction of sp³-hybridized carbons (Fsp3) is 0.273. The number of hydrogen-bond acceptors (Lipinski definition) is 1. The van der Waals surface area contributed by atoms with Gasteiger partial charge in [0, 0.05) is 23.0 Å². The number of rotatable bonds is 2. The smallest absolute Gasteiger partial charge is 0.111 e. The molecule has 1 aromatic carbocycles. The molecule has 0 amide bonds. The zero-order valence-electron chi connectivity index (χ0n) is 8.32. The summed E-state index contributed by atoms with van der Waals surface area (Å²) >= 11 is 6.12. The number of aromatic nitrogens is 1. The summed E-state index contributed by atoms with van der Waals surface area (Å²) in [4.78, 5) is 3.18. The minimum atomic E-state index is 0.739. The van der Waals surface area contributed by atoms with Crippen LogP contribution >= 0.6 is 11.6 Å². The van der Waals surface area contributed by atoms with Gasteiger partial charge in [0.2, 0.25) is 0 Å². The Morgan fingerprint density at radius 2 is 2.21 bits per heavy atom. The van der Waals surface area contributed by atoms with E-state index < -0.39 is 0 Å². The molecular formula is C11H13ClN2. The topological polar surface area (TPSA) is 27.8 Å². The predicted molar refractivity (Wildman–Crippen MR) is 60.8 cm³/mol. The standard InChI is InChI=1S/C11H13ClN2/c1-7-4-3-5-9-10(7)8(6-13-2)11(12)14-9/h3-5,13-14H,6H2,1-2H3. The van der Waals surface area contributed by atoms with Crippen LogP contribution in [0.4, 0.5) is 0 Å². The van der Waals surface area contributed by atoms with E-state index in [1.54, 1.807) is 0 Å². The molecule has 0 aliphatic rings. The second-order valence-electron chi connectivity index (χ2n) is 3.45. The van der Waals surface area contributed by atoms with Gasteiger partial charge in [-0.15, -0.1) is 0 Å². The summed E-state index contributed by atoms with van der Waals surface area (Å²) in [6.45, 7) is 2.90. The number of benzene rings is 1. The van der Waals surface area contributed by atoms with Gasteiger partial charge in [-0.1, -0.05) is 23.7 Å². The minimum Gasteiger partial charge on any atom is -0.345 e. The number of hydrogen-bond donors (Lipinski definition) is 2. The molecular weight excluding hydrogens is 196 g/mol. The van der Waals surface area contributed by atoms with Gasteiger partial charge < -0.3 is 10.3 Å². The molecule has 0 unspecified atom stereocenters. The fourth-order valence-electron chi connectivity index (χ4n) is 1.82. The molecule has 2 rings (SSSR count). The second-order valence-corrected chi connectivity index (χ2v) is 3.82. The van der Waals surface area contributed by atoms with E-state index in [4.69, 9.17) is 11.6 Å². The molecule has 0 radical (unpaired) electrons. The Labute approximate surface area is 88.3 Å². The summed E-state index contributed by atoms with van der Waals surface area (Å²) in [6, 6.07) is 6.19. The molecule has 1 aromatic heterocycles. The lowest BCUT2D eigenvalue weighted by Gasteiger charge is -2.01. The Morgan fingerprint density at radius 1 is 1.43 bits per heavy atom. The zero-order chi connectivity index (χ0) is 10.1. The SMILES string of the molecule is CNCc1c(Cl)[nH]c2cccc(C)c12. The van der Waals surface area contributed by atoms with Crippen molar-refractivity contribution in [1.82, 2.24) is 10.3 Å². The number of aryl methyl sites for hydroxylation is 1. The fourth-order valence-corrected chi connectivity index (χ4v) is 2.08. The Bertz CT molecular complexity index is 460. The van der Waals surface area contributed by atoms with Crippen LogP contribution < -0.4 is 5.32 Å². The van der Waals surface area contributed by atoms with Crippen molar-refractivity contribution in [2.75, 3.05) is 7.05 Å². The lowest BCUT2D eigenvalue weighted by molar-refractivity contribution is 0.823. The van der Waals surface area contributed by atoms with Gasteiger partial charge >= 0.3 is 0 Å². The maximum Gasteiger partial charge on any atom is 0.111 e. The van der Waals surface area contributed by atoms with Crippen molar-refractivity contribution >= 4 is 22.5 Å². The normalized spacial score (nSPS) is 11.1. The third kappa shape index (κ3) is 1.41. The summed E-state index contributed by atoms with van der Waals surface area (Å²) in [5, 5.41) is 5.11. The van der Waals surface area contributed by atoms with Crippen LogP contribution in [0.15, 0.2) is 18.2 Å². The van der Waals surface area contributed by atoms with Gasteiger partial charge in [0.1, 0.15) is 5.15 Å². The van der Waals surface area contributed by atoms with Gasteiger partial charge in [-0.25, -0.2) is 0 Å². The predicted octanol–water partition coefficient (Wildman–Crippen LogP) is 2.85. The van der Waals surface area contributed by atoms with Crippen molar-refractivity contribution in [3.8, 4) is 0 Å². The van der Waals surface area contributed by atoms with Gasteiger partial charge in [0.15, 0.2) is 0 Å². The maximum atomic E-state index is 6.12. The monoisotopic (exact) mass is 208 g/mol. The van der Waals surface area contributed by atoms with Gasteiger partial charge in [-0.05, 0) is 25.6 Å². The zero-order valence-corrected chi connectivity index (χ0v) is 9.07. The van der Waals surface area contributed by atoms with Crippen LogP contribution in [0.5, 0.6) is 0 Å². The van der Waals surface area contributed by atoms with Crippen LogP contribution in [0.3, 0.4) is 0 Å². The Morgan fingerprint density at radius 3 is 2.93 bits per heavy atom. The quantitative estimate of drug-likeness (QED) is 0.781. The highest BCUT2D eigenvalue weighted by Crippen LogP contribution is 2.28. The first-order valence-electron chi connectivity index (χ1n) is 4.64. The van der Waals surface area contributed by atoms with Gasteiger partial charge in [0.25, 0.3) is 0 Å². The van der Waals surface area contributed by atoms with Crippen LogP contribution in [-0.2, 0) is 6.54 Å². The van der Waals surface area contributed by atoms with E-state index in [2.05, 4.69) is 23.3 Å². The first-order chi connectivity index (χ1) is 6.74. The molecule has 0 bridgehead atoms. The van der Waals surface area contributed by atoms with E-state index in [1.807, 2.05) is 19.2 Å². The van der Waals surface area contributed by atoms with Gasteiger partial charge in [-0.3, -0.25) is 0 Å². The highest BCUT2D eigenvalue weighted by Gasteiger charge is 2.10. The molecule has 14 heavy (non-hydrogen) atoms. The molecule has 0 atom stereocenters. The molecule has 2 N–H and O–H groups in total. The molecule has 0 spiro atoms. The molecule has 74 valence electrons. The highest BCUT2D eigenvalue weighted by atomic mass is 35.5. The number of H-pyrrole nitrogens is 1. The van der Waals surface area contributed by atoms with E-state index in [0.29, 0.717) is 0 Å². The first-order valence-corrected chi connectivity index (χ1v) is 5.02. The summed E-state index contributed by atoms with van der Waals surface area (Å²) in [7, 11) is 1.92. The Hall–Kier alpha value is -0.990. The van der Waals surface area contributed by atoms with Crippen molar-refractivity contribution < 1.29 is 0 Å². The third-order valence-electron chi connectivity index (χ3n) is 2.44. The number of halogens is 1. The van der Waals surface area contributed by atoms with Gasteiger partial charge in [0.05, 0.1) is 0 Å². The summed E-state index contributed by atoms with van der Waals surface area (Å²) in [6.07, 6.45) is 0. The summed E-state index contributed by atoms with van der Waals surface area (Å²) in [5.74, 6) is 0. The third-order valence-corrected chi connectivity index (χ3v) is 2.76. The first kappa shape index (κ1) is 9.56. The van der Waals surface area contributed by atoms with E-state index in [1.165, 1.54) is 10.9 Å². The number of nitrogens with one attached hydrogen (secondary N) is 2. The van der Waals surface area contributed by atoms with Crippen LogP contribution in [0, 0.1) is 6.92 Å². The molecule has 0 aliphatic heterocycles. The average Bonchev–Trinajstić information content (AvgIpc) is 2.45. The lowest BCUT2D eigenvalue weighted by atomic mass is 10.1. The molecule has 0 aliphatic carbocycles. The highest BCUT2D eigenvalue weighted by molar-refractivity contribution is 6.31. The van der Waals surface area contributed by atoms with Crippen molar-refractivity contribution in [1.29, 1.82) is 0 Å². The Kier molecular flexibility index (Phi) is 2.48. The second kappa shape index (κ2) is 3.64.